The normalized spacial score (nSPS) is 10.3. The van der Waals surface area contributed by atoms with Gasteiger partial charge in [-0.2, -0.15) is 15.0 Å². The molecule has 0 bridgehead atoms. The summed E-state index contributed by atoms with van der Waals surface area (Å²) in [7, 11) is 1.56. The molecule has 1 N–H and O–H groups in total. The number of thioether (sulfide) groups is 1. The molecule has 1 aromatic carbocycles. The molecule has 0 fully saturated rings. The van der Waals surface area contributed by atoms with Gasteiger partial charge in [-0.3, -0.25) is 0 Å². The van der Waals surface area contributed by atoms with E-state index in [9.17, 15) is 0 Å². The molecule has 2 rings (SSSR count). The van der Waals surface area contributed by atoms with Crippen molar-refractivity contribution in [3.05, 3.63) is 35.4 Å². The standard InChI is InChI=1S/C14H18N4OS/c1-4-15-12-16-13(19-3)18-14(17-12)20-9-11-7-5-6-10(2)8-11/h5-8H,4,9H2,1-3H3,(H,15,16,17,18). The quantitative estimate of drug-likeness (QED) is 0.825. The van der Waals surface area contributed by atoms with Crippen LogP contribution in [0.3, 0.4) is 0 Å². The van der Waals surface area contributed by atoms with Crippen molar-refractivity contribution in [2.45, 2.75) is 24.8 Å². The predicted molar refractivity (Wildman–Crippen MR) is 81.3 cm³/mol. The summed E-state index contributed by atoms with van der Waals surface area (Å²) in [4.78, 5) is 12.8. The average molecular weight is 290 g/mol. The zero-order chi connectivity index (χ0) is 14.4. The van der Waals surface area contributed by atoms with Crippen LogP contribution in [0.4, 0.5) is 5.95 Å². The van der Waals surface area contributed by atoms with Crippen molar-refractivity contribution in [3.8, 4) is 6.01 Å². The maximum absolute atomic E-state index is 5.10. The zero-order valence-electron chi connectivity index (χ0n) is 11.9. The van der Waals surface area contributed by atoms with E-state index in [0.29, 0.717) is 17.1 Å². The third-order valence-corrected chi connectivity index (χ3v) is 3.48. The maximum atomic E-state index is 5.10. The molecule has 0 atom stereocenters. The first-order chi connectivity index (χ1) is 9.71. The number of anilines is 1. The summed E-state index contributed by atoms with van der Waals surface area (Å²) in [5.74, 6) is 1.37. The second kappa shape index (κ2) is 7.09. The lowest BCUT2D eigenvalue weighted by Gasteiger charge is -2.06. The Morgan fingerprint density at radius 1 is 1.25 bits per heavy atom. The highest BCUT2D eigenvalue weighted by Crippen LogP contribution is 2.22. The molecule has 0 saturated heterocycles. The lowest BCUT2D eigenvalue weighted by molar-refractivity contribution is 0.373. The zero-order valence-corrected chi connectivity index (χ0v) is 12.7. The van der Waals surface area contributed by atoms with E-state index in [1.54, 1.807) is 18.9 Å². The van der Waals surface area contributed by atoms with Gasteiger partial charge in [0.1, 0.15) is 0 Å². The summed E-state index contributed by atoms with van der Waals surface area (Å²) in [5, 5.41) is 3.74. The van der Waals surface area contributed by atoms with Gasteiger partial charge in [-0.15, -0.1) is 0 Å². The van der Waals surface area contributed by atoms with E-state index < -0.39 is 0 Å². The molecule has 0 aliphatic heterocycles. The van der Waals surface area contributed by atoms with E-state index in [4.69, 9.17) is 4.74 Å². The van der Waals surface area contributed by atoms with E-state index in [1.807, 2.05) is 6.92 Å². The van der Waals surface area contributed by atoms with Crippen LogP contribution in [0.2, 0.25) is 0 Å². The fourth-order valence-electron chi connectivity index (χ4n) is 1.68. The number of ether oxygens (including phenoxy) is 1. The summed E-state index contributed by atoms with van der Waals surface area (Å²) >= 11 is 1.57. The van der Waals surface area contributed by atoms with Gasteiger partial charge in [0, 0.05) is 12.3 Å². The van der Waals surface area contributed by atoms with Crippen LogP contribution >= 0.6 is 11.8 Å². The van der Waals surface area contributed by atoms with Crippen molar-refractivity contribution in [2.24, 2.45) is 0 Å². The number of hydrogen-bond acceptors (Lipinski definition) is 6. The van der Waals surface area contributed by atoms with Gasteiger partial charge in [0.15, 0.2) is 5.16 Å². The molecular formula is C14H18N4OS. The molecule has 1 heterocycles. The Labute approximate surface area is 123 Å². The molecule has 0 aliphatic carbocycles. The SMILES string of the molecule is CCNc1nc(OC)nc(SCc2cccc(C)c2)n1. The molecule has 106 valence electrons. The minimum absolute atomic E-state index is 0.336. The first kappa shape index (κ1) is 14.6. The van der Waals surface area contributed by atoms with Crippen LogP contribution in [0.5, 0.6) is 6.01 Å². The van der Waals surface area contributed by atoms with Gasteiger partial charge < -0.3 is 10.1 Å². The number of aryl methyl sites for hydroxylation is 1. The van der Waals surface area contributed by atoms with Crippen LogP contribution in [-0.4, -0.2) is 28.6 Å². The lowest BCUT2D eigenvalue weighted by Crippen LogP contribution is -2.06. The monoisotopic (exact) mass is 290 g/mol. The average Bonchev–Trinajstić information content (AvgIpc) is 2.45. The molecule has 6 heteroatoms. The Balaban J connectivity index is 2.10. The Kier molecular flexibility index (Phi) is 5.17. The van der Waals surface area contributed by atoms with E-state index >= 15 is 0 Å². The number of aromatic nitrogens is 3. The van der Waals surface area contributed by atoms with Gasteiger partial charge in [0.2, 0.25) is 5.95 Å². The van der Waals surface area contributed by atoms with E-state index in [0.717, 1.165) is 12.3 Å². The van der Waals surface area contributed by atoms with Crippen molar-refractivity contribution < 1.29 is 4.74 Å². The molecule has 0 amide bonds. The Morgan fingerprint density at radius 2 is 2.10 bits per heavy atom. The van der Waals surface area contributed by atoms with Crippen molar-refractivity contribution in [1.82, 2.24) is 15.0 Å². The van der Waals surface area contributed by atoms with Gasteiger partial charge >= 0.3 is 6.01 Å². The molecule has 0 aliphatic rings. The number of benzene rings is 1. The maximum Gasteiger partial charge on any atom is 0.321 e. The van der Waals surface area contributed by atoms with Crippen molar-refractivity contribution >= 4 is 17.7 Å². The molecule has 5 nitrogen and oxygen atoms in total. The molecule has 1 aromatic heterocycles. The van der Waals surface area contributed by atoms with Crippen LogP contribution in [0.1, 0.15) is 18.1 Å². The molecule has 0 saturated carbocycles. The van der Waals surface area contributed by atoms with E-state index in [1.165, 1.54) is 11.1 Å². The van der Waals surface area contributed by atoms with Gasteiger partial charge in [-0.1, -0.05) is 41.6 Å². The first-order valence-corrected chi connectivity index (χ1v) is 7.42. The highest BCUT2D eigenvalue weighted by atomic mass is 32.2. The summed E-state index contributed by atoms with van der Waals surface area (Å²) in [6.07, 6.45) is 0. The predicted octanol–water partition coefficient (Wildman–Crippen LogP) is 2.91. The second-order valence-corrected chi connectivity index (χ2v) is 5.18. The van der Waals surface area contributed by atoms with E-state index in [-0.39, 0.29) is 0 Å². The number of methoxy groups -OCH3 is 1. The molecule has 0 unspecified atom stereocenters. The summed E-state index contributed by atoms with van der Waals surface area (Å²) < 4.78 is 5.10. The van der Waals surface area contributed by atoms with Crippen molar-refractivity contribution in [2.75, 3.05) is 19.0 Å². The third kappa shape index (κ3) is 4.09. The first-order valence-electron chi connectivity index (χ1n) is 6.43. The van der Waals surface area contributed by atoms with Crippen LogP contribution in [0, 0.1) is 6.92 Å². The van der Waals surface area contributed by atoms with Crippen LogP contribution < -0.4 is 10.1 Å². The topological polar surface area (TPSA) is 59.9 Å². The number of nitrogens with one attached hydrogen (secondary N) is 1. The smallest absolute Gasteiger partial charge is 0.321 e. The van der Waals surface area contributed by atoms with Crippen LogP contribution in [0.25, 0.3) is 0 Å². The Hall–Kier alpha value is -1.82. The van der Waals surface area contributed by atoms with E-state index in [2.05, 4.69) is 51.5 Å². The number of hydrogen-bond donors (Lipinski definition) is 1. The van der Waals surface area contributed by atoms with Crippen molar-refractivity contribution in [3.63, 3.8) is 0 Å². The lowest BCUT2D eigenvalue weighted by atomic mass is 10.2. The Morgan fingerprint density at radius 3 is 2.80 bits per heavy atom. The second-order valence-electron chi connectivity index (χ2n) is 4.24. The van der Waals surface area contributed by atoms with Crippen LogP contribution in [0.15, 0.2) is 29.4 Å². The minimum Gasteiger partial charge on any atom is -0.467 e. The van der Waals surface area contributed by atoms with Gasteiger partial charge in [-0.25, -0.2) is 0 Å². The molecular weight excluding hydrogens is 272 g/mol. The number of rotatable bonds is 6. The van der Waals surface area contributed by atoms with Gasteiger partial charge in [0.25, 0.3) is 0 Å². The minimum atomic E-state index is 0.336. The summed E-state index contributed by atoms with van der Waals surface area (Å²) in [5.41, 5.74) is 2.50. The largest absolute Gasteiger partial charge is 0.467 e. The Bertz CT molecular complexity index is 577. The molecule has 0 spiro atoms. The third-order valence-electron chi connectivity index (χ3n) is 2.56. The highest BCUT2D eigenvalue weighted by Gasteiger charge is 2.07. The fourth-order valence-corrected chi connectivity index (χ4v) is 2.45. The number of nitrogens with zero attached hydrogens (tertiary/aromatic N) is 3. The summed E-state index contributed by atoms with van der Waals surface area (Å²) in [6.45, 7) is 4.84. The molecule has 2 aromatic rings. The fraction of sp³-hybridized carbons (Fsp3) is 0.357. The molecule has 0 radical (unpaired) electrons. The van der Waals surface area contributed by atoms with Crippen molar-refractivity contribution in [1.29, 1.82) is 0 Å². The van der Waals surface area contributed by atoms with Gasteiger partial charge in [-0.05, 0) is 19.4 Å². The van der Waals surface area contributed by atoms with Gasteiger partial charge in [0.05, 0.1) is 7.11 Å². The summed E-state index contributed by atoms with van der Waals surface area (Å²) in [6, 6.07) is 8.75. The highest BCUT2D eigenvalue weighted by molar-refractivity contribution is 7.98. The molecule has 20 heavy (non-hydrogen) atoms. The van der Waals surface area contributed by atoms with Crippen LogP contribution in [-0.2, 0) is 5.75 Å².